The molecule has 1 atom stereocenters. The van der Waals surface area contributed by atoms with Crippen LogP contribution in [0.15, 0.2) is 77.0 Å². The Hall–Kier alpha value is -3.98. The second-order valence-electron chi connectivity index (χ2n) is 8.16. The lowest BCUT2D eigenvalue weighted by atomic mass is 9.94. The average Bonchev–Trinajstić information content (AvgIpc) is 3.31. The Morgan fingerprint density at radius 1 is 0.914 bits per heavy atom. The molecule has 1 N–H and O–H groups in total. The fourth-order valence-corrected chi connectivity index (χ4v) is 4.37. The Labute approximate surface area is 204 Å². The van der Waals surface area contributed by atoms with E-state index in [1.807, 2.05) is 31.2 Å². The summed E-state index contributed by atoms with van der Waals surface area (Å²) < 4.78 is 46.9. The zero-order valence-electron chi connectivity index (χ0n) is 18.7. The highest BCUT2D eigenvalue weighted by molar-refractivity contribution is 7.80. The highest BCUT2D eigenvalue weighted by atomic mass is 32.1. The highest BCUT2D eigenvalue weighted by Gasteiger charge is 2.35. The molecule has 0 spiro atoms. The van der Waals surface area contributed by atoms with Gasteiger partial charge in [0.25, 0.3) is 5.89 Å². The molecule has 3 aromatic carbocycles. The second kappa shape index (κ2) is 8.99. The van der Waals surface area contributed by atoms with Gasteiger partial charge >= 0.3 is 0 Å². The summed E-state index contributed by atoms with van der Waals surface area (Å²) in [6.45, 7) is 3.76. The van der Waals surface area contributed by atoms with Crippen molar-refractivity contribution in [2.24, 2.45) is 0 Å². The number of halogens is 3. The van der Waals surface area contributed by atoms with Crippen LogP contribution in [0, 0.1) is 24.4 Å². The summed E-state index contributed by atoms with van der Waals surface area (Å²) in [7, 11) is 0. The number of aryl methyl sites for hydroxylation is 1. The van der Waals surface area contributed by atoms with Crippen molar-refractivity contribution in [3.8, 4) is 11.4 Å². The number of hydrogen-bond acceptors (Lipinski definition) is 4. The van der Waals surface area contributed by atoms with Gasteiger partial charge in [0.15, 0.2) is 16.7 Å². The zero-order valence-corrected chi connectivity index (χ0v) is 19.5. The van der Waals surface area contributed by atoms with Crippen molar-refractivity contribution in [1.29, 1.82) is 0 Å². The molecular formula is C26H19F3N4OS. The van der Waals surface area contributed by atoms with Crippen LogP contribution in [0.1, 0.15) is 30.0 Å². The lowest BCUT2D eigenvalue weighted by Gasteiger charge is -2.37. The van der Waals surface area contributed by atoms with Crippen molar-refractivity contribution in [3.63, 3.8) is 0 Å². The second-order valence-corrected chi connectivity index (χ2v) is 8.54. The first kappa shape index (κ1) is 22.8. The average molecular weight is 493 g/mol. The van der Waals surface area contributed by atoms with Crippen molar-refractivity contribution >= 4 is 28.6 Å². The van der Waals surface area contributed by atoms with E-state index in [9.17, 15) is 13.2 Å². The number of thiocarbonyl (C=S) groups is 1. The maximum absolute atomic E-state index is 14.0. The van der Waals surface area contributed by atoms with Crippen LogP contribution >= 0.6 is 12.2 Å². The standard InChI is InChI=1S/C26H19F3N4OS/c1-14-3-5-17(6-4-14)24-31-25(34-32-24)22-15(2)33(19-11-12-20(28)21(29)13-19)26(35)30-23(22)16-7-9-18(27)10-8-16/h3-13,23H,1-2H3,(H,30,35). The van der Waals surface area contributed by atoms with Gasteiger partial charge in [0.1, 0.15) is 5.82 Å². The van der Waals surface area contributed by atoms with Crippen LogP contribution in [-0.4, -0.2) is 15.3 Å². The molecule has 5 rings (SSSR count). The van der Waals surface area contributed by atoms with Crippen LogP contribution in [0.25, 0.3) is 17.0 Å². The third kappa shape index (κ3) is 4.30. The van der Waals surface area contributed by atoms with Crippen LogP contribution < -0.4 is 10.2 Å². The van der Waals surface area contributed by atoms with Gasteiger partial charge in [-0.2, -0.15) is 4.98 Å². The van der Waals surface area contributed by atoms with Crippen molar-refractivity contribution in [2.45, 2.75) is 19.9 Å². The van der Waals surface area contributed by atoms with Crippen molar-refractivity contribution < 1.29 is 17.7 Å². The van der Waals surface area contributed by atoms with E-state index in [1.165, 1.54) is 18.2 Å². The number of nitrogens with zero attached hydrogens (tertiary/aromatic N) is 3. The molecule has 176 valence electrons. The summed E-state index contributed by atoms with van der Waals surface area (Å²) in [5.41, 5.74) is 4.06. The van der Waals surface area contributed by atoms with E-state index in [0.717, 1.165) is 23.3 Å². The number of aromatic nitrogens is 2. The molecule has 0 saturated carbocycles. The van der Waals surface area contributed by atoms with E-state index >= 15 is 0 Å². The fraction of sp³-hybridized carbons (Fsp3) is 0.115. The van der Waals surface area contributed by atoms with E-state index in [4.69, 9.17) is 16.7 Å². The van der Waals surface area contributed by atoms with Crippen LogP contribution in [-0.2, 0) is 0 Å². The molecule has 0 aliphatic carbocycles. The number of allylic oxidation sites excluding steroid dienone is 1. The SMILES string of the molecule is CC1=C(c2nc(-c3ccc(C)cc3)no2)C(c2ccc(F)cc2)NC(=S)N1c1ccc(F)c(F)c1. The van der Waals surface area contributed by atoms with Gasteiger partial charge in [-0.15, -0.1) is 0 Å². The molecule has 1 aliphatic rings. The number of nitrogens with one attached hydrogen (secondary N) is 1. The molecule has 4 aromatic rings. The predicted octanol–water partition coefficient (Wildman–Crippen LogP) is 6.33. The van der Waals surface area contributed by atoms with E-state index in [-0.39, 0.29) is 16.8 Å². The lowest BCUT2D eigenvalue weighted by molar-refractivity contribution is 0.404. The van der Waals surface area contributed by atoms with Gasteiger partial charge in [-0.25, -0.2) is 13.2 Å². The molecule has 1 aromatic heterocycles. The Morgan fingerprint density at radius 2 is 1.63 bits per heavy atom. The van der Waals surface area contributed by atoms with Crippen molar-refractivity contribution in [3.05, 3.63) is 107 Å². The summed E-state index contributed by atoms with van der Waals surface area (Å²) in [4.78, 5) is 6.18. The number of hydrogen-bond donors (Lipinski definition) is 1. The molecule has 0 radical (unpaired) electrons. The quantitative estimate of drug-likeness (QED) is 0.336. The largest absolute Gasteiger partial charge is 0.351 e. The Balaban J connectivity index is 1.65. The maximum Gasteiger partial charge on any atom is 0.258 e. The fourth-order valence-electron chi connectivity index (χ4n) is 4.01. The molecule has 35 heavy (non-hydrogen) atoms. The van der Waals surface area contributed by atoms with Gasteiger partial charge in [0.05, 0.1) is 17.3 Å². The summed E-state index contributed by atoms with van der Waals surface area (Å²) in [6.07, 6.45) is 0. The molecule has 0 saturated heterocycles. The first-order valence-corrected chi connectivity index (χ1v) is 11.2. The van der Waals surface area contributed by atoms with Crippen LogP contribution in [0.5, 0.6) is 0 Å². The van der Waals surface area contributed by atoms with Crippen LogP contribution in [0.3, 0.4) is 0 Å². The molecule has 1 unspecified atom stereocenters. The molecular weight excluding hydrogens is 473 g/mol. The molecule has 0 fully saturated rings. The first-order valence-electron chi connectivity index (χ1n) is 10.7. The van der Waals surface area contributed by atoms with Crippen molar-refractivity contribution in [1.82, 2.24) is 15.5 Å². The minimum atomic E-state index is -1.00. The Kier molecular flexibility index (Phi) is 5.86. The van der Waals surface area contributed by atoms with Gasteiger partial charge in [-0.1, -0.05) is 47.1 Å². The number of rotatable bonds is 4. The van der Waals surface area contributed by atoms with Crippen LogP contribution in [0.2, 0.25) is 0 Å². The summed E-state index contributed by atoms with van der Waals surface area (Å²) in [6, 6.07) is 16.6. The maximum atomic E-state index is 14.0. The van der Waals surface area contributed by atoms with Gasteiger partial charge in [0.2, 0.25) is 5.82 Å². The molecule has 9 heteroatoms. The summed E-state index contributed by atoms with van der Waals surface area (Å²) >= 11 is 5.59. The first-order chi connectivity index (χ1) is 16.8. The minimum absolute atomic E-state index is 0.218. The highest BCUT2D eigenvalue weighted by Crippen LogP contribution is 2.39. The lowest BCUT2D eigenvalue weighted by Crippen LogP contribution is -2.46. The third-order valence-electron chi connectivity index (χ3n) is 5.82. The monoisotopic (exact) mass is 492 g/mol. The van der Waals surface area contributed by atoms with E-state index in [1.54, 1.807) is 24.0 Å². The van der Waals surface area contributed by atoms with Gasteiger partial charge in [0, 0.05) is 17.3 Å². The minimum Gasteiger partial charge on any atom is -0.351 e. The zero-order chi connectivity index (χ0) is 24.7. The third-order valence-corrected chi connectivity index (χ3v) is 6.12. The summed E-state index contributed by atoms with van der Waals surface area (Å²) in [5.74, 6) is -1.73. The normalized spacial score (nSPS) is 16.0. The van der Waals surface area contributed by atoms with Gasteiger partial charge in [-0.05, 0) is 55.9 Å². The Morgan fingerprint density at radius 3 is 2.31 bits per heavy atom. The van der Waals surface area contributed by atoms with E-state index in [0.29, 0.717) is 28.3 Å². The van der Waals surface area contributed by atoms with Crippen LogP contribution in [0.4, 0.5) is 18.9 Å². The van der Waals surface area contributed by atoms with Crippen molar-refractivity contribution in [2.75, 3.05) is 4.90 Å². The molecule has 5 nitrogen and oxygen atoms in total. The van der Waals surface area contributed by atoms with Gasteiger partial charge in [-0.3, -0.25) is 4.90 Å². The Bertz CT molecular complexity index is 1450. The predicted molar refractivity (Wildman–Crippen MR) is 131 cm³/mol. The summed E-state index contributed by atoms with van der Waals surface area (Å²) in [5, 5.41) is 7.60. The molecule has 0 amide bonds. The van der Waals surface area contributed by atoms with E-state index < -0.39 is 17.7 Å². The van der Waals surface area contributed by atoms with E-state index in [2.05, 4.69) is 15.5 Å². The van der Waals surface area contributed by atoms with Gasteiger partial charge < -0.3 is 9.84 Å². The molecule has 2 heterocycles. The topological polar surface area (TPSA) is 54.2 Å². The number of benzene rings is 3. The molecule has 1 aliphatic heterocycles. The molecule has 0 bridgehead atoms. The smallest absolute Gasteiger partial charge is 0.258 e. The number of anilines is 1.